The van der Waals surface area contributed by atoms with E-state index in [0.717, 1.165) is 31.2 Å². The highest BCUT2D eigenvalue weighted by Crippen LogP contribution is 2.37. The van der Waals surface area contributed by atoms with Crippen molar-refractivity contribution in [1.29, 1.82) is 5.26 Å². The van der Waals surface area contributed by atoms with E-state index in [9.17, 15) is 10.1 Å². The molecular formula is C23H25N5O3S2. The summed E-state index contributed by atoms with van der Waals surface area (Å²) in [6, 6.07) is 9.65. The number of amides is 1. The first-order chi connectivity index (χ1) is 16.0. The van der Waals surface area contributed by atoms with Gasteiger partial charge in [0, 0.05) is 18.0 Å². The summed E-state index contributed by atoms with van der Waals surface area (Å²) in [5.74, 6) is 2.04. The Hall–Kier alpha value is -3.03. The molecule has 2 heterocycles. The lowest BCUT2D eigenvalue weighted by molar-refractivity contribution is -0.113. The summed E-state index contributed by atoms with van der Waals surface area (Å²) in [7, 11) is 3.46. The number of nitrogens with one attached hydrogen (secondary N) is 1. The van der Waals surface area contributed by atoms with Crippen molar-refractivity contribution in [3.05, 3.63) is 46.1 Å². The van der Waals surface area contributed by atoms with Crippen LogP contribution in [0.4, 0.5) is 5.00 Å². The molecule has 33 heavy (non-hydrogen) atoms. The summed E-state index contributed by atoms with van der Waals surface area (Å²) < 4.78 is 13.0. The van der Waals surface area contributed by atoms with Crippen LogP contribution >= 0.6 is 23.1 Å². The van der Waals surface area contributed by atoms with Gasteiger partial charge < -0.3 is 19.4 Å². The number of anilines is 1. The molecule has 3 aromatic rings. The van der Waals surface area contributed by atoms with E-state index in [-0.39, 0.29) is 17.8 Å². The molecule has 1 aliphatic rings. The first-order valence-electron chi connectivity index (χ1n) is 10.7. The van der Waals surface area contributed by atoms with Crippen molar-refractivity contribution in [2.24, 2.45) is 7.05 Å². The monoisotopic (exact) mass is 483 g/mol. The van der Waals surface area contributed by atoms with E-state index in [1.807, 2.05) is 42.8 Å². The zero-order valence-corrected chi connectivity index (χ0v) is 20.4. The first kappa shape index (κ1) is 23.1. The Labute approximate surface area is 200 Å². The van der Waals surface area contributed by atoms with Crippen LogP contribution in [-0.4, -0.2) is 33.5 Å². The van der Waals surface area contributed by atoms with Crippen molar-refractivity contribution in [1.82, 2.24) is 14.8 Å². The molecule has 1 aromatic carbocycles. The minimum atomic E-state index is -0.339. The summed E-state index contributed by atoms with van der Waals surface area (Å²) in [5.41, 5.74) is 1.73. The first-order valence-corrected chi connectivity index (χ1v) is 12.5. The molecule has 0 bridgehead atoms. The number of hydrogen-bond acceptors (Lipinski definition) is 8. The number of ether oxygens (including phenoxy) is 2. The largest absolute Gasteiger partial charge is 0.497 e. The lowest BCUT2D eigenvalue weighted by Crippen LogP contribution is -2.15. The van der Waals surface area contributed by atoms with Gasteiger partial charge >= 0.3 is 0 Å². The molecule has 1 atom stereocenters. The second-order valence-corrected chi connectivity index (χ2v) is 9.75. The fourth-order valence-corrected chi connectivity index (χ4v) is 5.78. The fraction of sp³-hybridized carbons (Fsp3) is 0.391. The maximum Gasteiger partial charge on any atom is 0.235 e. The second kappa shape index (κ2) is 10.3. The molecule has 1 amide bonds. The van der Waals surface area contributed by atoms with Crippen LogP contribution in [0.5, 0.6) is 11.5 Å². The van der Waals surface area contributed by atoms with Crippen LogP contribution in [0, 0.1) is 11.3 Å². The number of hydrogen-bond donors (Lipinski definition) is 1. The Morgan fingerprint density at radius 2 is 2.12 bits per heavy atom. The molecular weight excluding hydrogens is 458 g/mol. The summed E-state index contributed by atoms with van der Waals surface area (Å²) in [6.45, 7) is 1.90. The van der Waals surface area contributed by atoms with Gasteiger partial charge in [0.1, 0.15) is 22.6 Å². The summed E-state index contributed by atoms with van der Waals surface area (Å²) in [6.07, 6.45) is 3.79. The third-order valence-electron chi connectivity index (χ3n) is 5.45. The predicted molar refractivity (Wildman–Crippen MR) is 128 cm³/mol. The second-order valence-electron chi connectivity index (χ2n) is 7.70. The molecule has 1 N–H and O–H groups in total. The lowest BCUT2D eigenvalue weighted by atomic mass is 9.96. The fourth-order valence-electron chi connectivity index (χ4n) is 3.80. The van der Waals surface area contributed by atoms with E-state index in [1.54, 1.807) is 7.11 Å². The molecule has 0 fully saturated rings. The van der Waals surface area contributed by atoms with Crippen molar-refractivity contribution in [2.75, 3.05) is 18.2 Å². The molecule has 4 rings (SSSR count). The Balaban J connectivity index is 1.37. The van der Waals surface area contributed by atoms with Crippen LogP contribution in [-0.2, 0) is 24.7 Å². The molecule has 1 unspecified atom stereocenters. The van der Waals surface area contributed by atoms with Gasteiger partial charge in [0.05, 0.1) is 18.4 Å². The van der Waals surface area contributed by atoms with E-state index in [4.69, 9.17) is 9.47 Å². The Bertz CT molecular complexity index is 1200. The van der Waals surface area contributed by atoms with Crippen molar-refractivity contribution >= 4 is 34.0 Å². The number of nitrogens with zero attached hydrogens (tertiary/aromatic N) is 4. The van der Waals surface area contributed by atoms with Gasteiger partial charge in [0.2, 0.25) is 5.91 Å². The molecule has 1 aliphatic carbocycles. The molecule has 10 heteroatoms. The maximum atomic E-state index is 12.6. The molecule has 172 valence electrons. The summed E-state index contributed by atoms with van der Waals surface area (Å²) in [4.78, 5) is 13.8. The van der Waals surface area contributed by atoms with Crippen molar-refractivity contribution in [3.8, 4) is 17.6 Å². The Morgan fingerprint density at radius 3 is 2.91 bits per heavy atom. The number of rotatable bonds is 8. The van der Waals surface area contributed by atoms with E-state index in [0.29, 0.717) is 33.0 Å². The van der Waals surface area contributed by atoms with Crippen LogP contribution in [0.2, 0.25) is 0 Å². The number of carbonyl (C=O) groups excluding carboxylic acids is 1. The van der Waals surface area contributed by atoms with Gasteiger partial charge in [-0.2, -0.15) is 5.26 Å². The number of aromatic nitrogens is 3. The van der Waals surface area contributed by atoms with Crippen LogP contribution in [0.15, 0.2) is 29.4 Å². The van der Waals surface area contributed by atoms with Gasteiger partial charge in [-0.1, -0.05) is 17.8 Å². The number of methoxy groups -OCH3 is 1. The number of benzene rings is 1. The summed E-state index contributed by atoms with van der Waals surface area (Å²) in [5, 5.41) is 22.2. The van der Waals surface area contributed by atoms with Gasteiger partial charge in [-0.05, 0) is 50.3 Å². The molecule has 0 spiro atoms. The van der Waals surface area contributed by atoms with Gasteiger partial charge in [-0.25, -0.2) is 0 Å². The van der Waals surface area contributed by atoms with Crippen molar-refractivity contribution < 1.29 is 14.3 Å². The lowest BCUT2D eigenvalue weighted by Gasteiger charge is -2.14. The highest BCUT2D eigenvalue weighted by Gasteiger charge is 2.22. The molecule has 0 aliphatic heterocycles. The summed E-state index contributed by atoms with van der Waals surface area (Å²) >= 11 is 2.83. The van der Waals surface area contributed by atoms with E-state index in [2.05, 4.69) is 21.6 Å². The average molecular weight is 484 g/mol. The van der Waals surface area contributed by atoms with Crippen LogP contribution in [0.25, 0.3) is 0 Å². The molecule has 0 saturated carbocycles. The van der Waals surface area contributed by atoms with Gasteiger partial charge in [-0.3, -0.25) is 4.79 Å². The molecule has 8 nitrogen and oxygen atoms in total. The predicted octanol–water partition coefficient (Wildman–Crippen LogP) is 4.51. The van der Waals surface area contributed by atoms with Crippen LogP contribution in [0.1, 0.15) is 47.7 Å². The average Bonchev–Trinajstić information content (AvgIpc) is 3.37. The minimum Gasteiger partial charge on any atom is -0.497 e. The number of carbonyl (C=O) groups is 1. The highest BCUT2D eigenvalue weighted by atomic mass is 32.2. The van der Waals surface area contributed by atoms with Crippen molar-refractivity contribution in [3.63, 3.8) is 0 Å². The topological polar surface area (TPSA) is 102 Å². The van der Waals surface area contributed by atoms with E-state index < -0.39 is 0 Å². The molecule has 0 radical (unpaired) electrons. The SMILES string of the molecule is COc1cccc(OC(C)c2nnc(SCC(=O)Nc3sc4c(c3C#N)CCCC4)n2C)c1. The van der Waals surface area contributed by atoms with E-state index in [1.165, 1.54) is 28.0 Å². The molecule has 2 aromatic heterocycles. The standard InChI is InChI=1S/C23H25N5O3S2/c1-14(31-16-8-6-7-15(11-16)30-3)21-26-27-23(28(21)2)32-13-20(29)25-22-18(12-24)17-9-4-5-10-19(17)33-22/h6-8,11,14H,4-5,9-10,13H2,1-3H3,(H,25,29). The number of fused-ring (bicyclic) bond motifs is 1. The minimum absolute atomic E-state index is 0.166. The van der Waals surface area contributed by atoms with Crippen LogP contribution in [0.3, 0.4) is 0 Å². The number of thiophene rings is 1. The van der Waals surface area contributed by atoms with Gasteiger partial charge in [0.25, 0.3) is 0 Å². The van der Waals surface area contributed by atoms with Gasteiger partial charge in [0.15, 0.2) is 17.1 Å². The molecule has 0 saturated heterocycles. The third-order valence-corrected chi connectivity index (χ3v) is 7.68. The highest BCUT2D eigenvalue weighted by molar-refractivity contribution is 7.99. The zero-order chi connectivity index (χ0) is 23.4. The number of aryl methyl sites for hydroxylation is 1. The Morgan fingerprint density at radius 1 is 1.33 bits per heavy atom. The van der Waals surface area contributed by atoms with Gasteiger partial charge in [-0.15, -0.1) is 21.5 Å². The smallest absolute Gasteiger partial charge is 0.235 e. The van der Waals surface area contributed by atoms with Crippen LogP contribution < -0.4 is 14.8 Å². The number of thioether (sulfide) groups is 1. The Kier molecular flexibility index (Phi) is 7.20. The third kappa shape index (κ3) is 5.15. The zero-order valence-electron chi connectivity index (χ0n) is 18.8. The maximum absolute atomic E-state index is 12.6. The van der Waals surface area contributed by atoms with Crippen molar-refractivity contribution in [2.45, 2.75) is 43.9 Å². The van der Waals surface area contributed by atoms with E-state index >= 15 is 0 Å². The quantitative estimate of drug-likeness (QED) is 0.470. The normalized spacial score (nSPS) is 13.6. The number of nitriles is 1.